The number of aryl methyl sites for hydroxylation is 2. The summed E-state index contributed by atoms with van der Waals surface area (Å²) < 4.78 is 6.97. The highest BCUT2D eigenvalue weighted by Crippen LogP contribution is 2.56. The Morgan fingerprint density at radius 3 is 1.88 bits per heavy atom. The minimum Gasteiger partial charge on any atom is -0.508 e. The zero-order valence-electron chi connectivity index (χ0n) is 26.9. The van der Waals surface area contributed by atoms with Crippen molar-refractivity contribution >= 4 is 0 Å². The lowest BCUT2D eigenvalue weighted by Crippen LogP contribution is -2.56. The Hall–Kier alpha value is -1.96. The lowest BCUT2D eigenvalue weighted by molar-refractivity contribution is -0.0240. The van der Waals surface area contributed by atoms with Gasteiger partial charge in [0.1, 0.15) is 17.1 Å². The molecule has 224 valence electrons. The van der Waals surface area contributed by atoms with E-state index in [1.54, 1.807) is 0 Å². The number of ether oxygens (including phenoxy) is 1. The van der Waals surface area contributed by atoms with Crippen molar-refractivity contribution in [3.63, 3.8) is 0 Å². The minimum absolute atomic E-state index is 0.197. The molecule has 40 heavy (non-hydrogen) atoms. The first-order chi connectivity index (χ1) is 19.3. The maximum atomic E-state index is 10.7. The molecule has 0 aromatic heterocycles. The first kappa shape index (κ1) is 32.6. The van der Waals surface area contributed by atoms with Crippen LogP contribution < -0.4 is 4.74 Å². The Bertz CT molecular complexity index is 1030. The molecule has 2 heteroatoms. The summed E-state index contributed by atoms with van der Waals surface area (Å²) in [6.45, 7) is 13.9. The van der Waals surface area contributed by atoms with Gasteiger partial charge >= 0.3 is 0 Å². The van der Waals surface area contributed by atoms with E-state index in [2.05, 4.69) is 71.9 Å². The van der Waals surface area contributed by atoms with Crippen LogP contribution in [0.4, 0.5) is 0 Å². The molecule has 3 unspecified atom stereocenters. The highest BCUT2D eigenvalue weighted by atomic mass is 16.5. The van der Waals surface area contributed by atoms with Gasteiger partial charge in [-0.25, -0.2) is 0 Å². The summed E-state index contributed by atoms with van der Waals surface area (Å²) in [7, 11) is 0. The summed E-state index contributed by atoms with van der Waals surface area (Å²) >= 11 is 0. The number of phenols is 1. The van der Waals surface area contributed by atoms with E-state index in [1.165, 1.54) is 100 Å². The number of fused-ring (bicyclic) bond motifs is 1. The smallest absolute Gasteiger partial charge is 0.123 e. The van der Waals surface area contributed by atoms with Gasteiger partial charge in [-0.2, -0.15) is 0 Å². The molecule has 2 nitrogen and oxygen atoms in total. The number of rotatable bonds is 18. The van der Waals surface area contributed by atoms with Gasteiger partial charge in [0.2, 0.25) is 0 Å². The van der Waals surface area contributed by atoms with E-state index < -0.39 is 0 Å². The van der Waals surface area contributed by atoms with E-state index in [1.807, 2.05) is 6.07 Å². The van der Waals surface area contributed by atoms with Crippen LogP contribution in [0.1, 0.15) is 166 Å². The lowest BCUT2D eigenvalue weighted by Gasteiger charge is -2.54. The SMILES string of the molecule is CCCCCCCCCc1ccc2c(c1)OC(C)(CC)C(C)(c1ccc(O)c(CCCCCCCCC)c1)C2C. The molecule has 0 fully saturated rings. The average Bonchev–Trinajstić information content (AvgIpc) is 2.95. The summed E-state index contributed by atoms with van der Waals surface area (Å²) in [5.41, 5.74) is 4.58. The highest BCUT2D eigenvalue weighted by molar-refractivity contribution is 5.50. The van der Waals surface area contributed by atoms with E-state index in [4.69, 9.17) is 4.74 Å². The normalized spacial score (nSPS) is 22.2. The largest absolute Gasteiger partial charge is 0.508 e. The predicted molar refractivity (Wildman–Crippen MR) is 173 cm³/mol. The molecule has 1 heterocycles. The van der Waals surface area contributed by atoms with Crippen LogP contribution in [-0.4, -0.2) is 10.7 Å². The Kier molecular flexibility index (Phi) is 12.9. The third kappa shape index (κ3) is 7.86. The first-order valence-electron chi connectivity index (χ1n) is 16.9. The molecule has 2 aromatic rings. The molecule has 1 aliphatic rings. The maximum absolute atomic E-state index is 10.7. The standard InChI is InChI=1S/C38H60O2/c1-7-10-12-14-16-18-20-22-31-24-26-34-30(4)38(6,37(5,9-3)40-36(34)28-31)33-25-27-35(39)32(29-33)23-21-19-17-15-13-11-8-2/h24-30,39H,7-23H2,1-6H3. The molecule has 0 saturated carbocycles. The molecule has 0 amide bonds. The van der Waals surface area contributed by atoms with Gasteiger partial charge in [-0.3, -0.25) is 0 Å². The number of benzene rings is 2. The van der Waals surface area contributed by atoms with Gasteiger partial charge in [0, 0.05) is 5.41 Å². The second-order valence-electron chi connectivity index (χ2n) is 13.1. The predicted octanol–water partition coefficient (Wildman–Crippen LogP) is 11.6. The average molecular weight is 549 g/mol. The number of hydrogen-bond acceptors (Lipinski definition) is 2. The number of unbranched alkanes of at least 4 members (excludes halogenated alkanes) is 12. The van der Waals surface area contributed by atoms with Crippen LogP contribution in [0, 0.1) is 0 Å². The second-order valence-corrected chi connectivity index (χ2v) is 13.1. The van der Waals surface area contributed by atoms with Crippen molar-refractivity contribution in [2.75, 3.05) is 0 Å². The molecule has 3 rings (SSSR count). The van der Waals surface area contributed by atoms with Crippen LogP contribution in [0.3, 0.4) is 0 Å². The lowest BCUT2D eigenvalue weighted by atomic mass is 9.58. The van der Waals surface area contributed by atoms with E-state index in [-0.39, 0.29) is 11.0 Å². The van der Waals surface area contributed by atoms with Crippen molar-refractivity contribution < 1.29 is 9.84 Å². The molecule has 0 saturated heterocycles. The van der Waals surface area contributed by atoms with Crippen molar-refractivity contribution in [1.82, 2.24) is 0 Å². The van der Waals surface area contributed by atoms with E-state index >= 15 is 0 Å². The molecule has 0 bridgehead atoms. The van der Waals surface area contributed by atoms with Gasteiger partial charge in [-0.15, -0.1) is 0 Å². The topological polar surface area (TPSA) is 29.5 Å². The number of hydrogen-bond donors (Lipinski definition) is 1. The third-order valence-corrected chi connectivity index (χ3v) is 10.3. The van der Waals surface area contributed by atoms with Gasteiger partial charge < -0.3 is 9.84 Å². The molecule has 1 N–H and O–H groups in total. The van der Waals surface area contributed by atoms with Gasteiger partial charge in [0.25, 0.3) is 0 Å². The molecule has 2 aromatic carbocycles. The van der Waals surface area contributed by atoms with Crippen LogP contribution in [0.5, 0.6) is 11.5 Å². The summed E-state index contributed by atoms with van der Waals surface area (Å²) in [6.07, 6.45) is 21.4. The van der Waals surface area contributed by atoms with Crippen LogP contribution in [0.25, 0.3) is 0 Å². The molecule has 0 aliphatic carbocycles. The Balaban J connectivity index is 1.72. The van der Waals surface area contributed by atoms with Crippen molar-refractivity contribution in [1.29, 1.82) is 0 Å². The fraction of sp³-hybridized carbons (Fsp3) is 0.684. The fourth-order valence-electron chi connectivity index (χ4n) is 6.96. The molecular weight excluding hydrogens is 488 g/mol. The van der Waals surface area contributed by atoms with Gasteiger partial charge in [0.05, 0.1) is 0 Å². The highest BCUT2D eigenvalue weighted by Gasteiger charge is 2.54. The fourth-order valence-corrected chi connectivity index (χ4v) is 6.96. The van der Waals surface area contributed by atoms with Crippen LogP contribution in [0.15, 0.2) is 36.4 Å². The van der Waals surface area contributed by atoms with Gasteiger partial charge in [-0.05, 0) is 79.3 Å². The summed E-state index contributed by atoms with van der Waals surface area (Å²) in [4.78, 5) is 0. The zero-order valence-corrected chi connectivity index (χ0v) is 26.9. The Labute approximate surface area is 247 Å². The summed E-state index contributed by atoms with van der Waals surface area (Å²) in [6, 6.07) is 13.4. The number of aromatic hydroxyl groups is 1. The maximum Gasteiger partial charge on any atom is 0.123 e. The number of phenolic OH excluding ortho intramolecular Hbond substituents is 1. The minimum atomic E-state index is -0.329. The zero-order chi connectivity index (χ0) is 29.0. The summed E-state index contributed by atoms with van der Waals surface area (Å²) in [5.74, 6) is 1.83. The van der Waals surface area contributed by atoms with E-state index in [0.717, 1.165) is 37.0 Å². The quantitative estimate of drug-likeness (QED) is 0.188. The molecular formula is C38H60O2. The van der Waals surface area contributed by atoms with Crippen LogP contribution in [0.2, 0.25) is 0 Å². The second kappa shape index (κ2) is 15.9. The van der Waals surface area contributed by atoms with Gasteiger partial charge in [0.15, 0.2) is 0 Å². The van der Waals surface area contributed by atoms with E-state index in [0.29, 0.717) is 11.7 Å². The molecule has 1 aliphatic heterocycles. The molecule has 0 radical (unpaired) electrons. The first-order valence-corrected chi connectivity index (χ1v) is 16.9. The molecule has 3 atom stereocenters. The van der Waals surface area contributed by atoms with Gasteiger partial charge in [-0.1, -0.05) is 136 Å². The third-order valence-electron chi connectivity index (χ3n) is 10.3. The van der Waals surface area contributed by atoms with Crippen LogP contribution in [-0.2, 0) is 18.3 Å². The van der Waals surface area contributed by atoms with Crippen LogP contribution >= 0.6 is 0 Å². The Morgan fingerprint density at radius 1 is 0.700 bits per heavy atom. The van der Waals surface area contributed by atoms with E-state index in [9.17, 15) is 5.11 Å². The summed E-state index contributed by atoms with van der Waals surface area (Å²) in [5, 5.41) is 10.7. The van der Waals surface area contributed by atoms with Crippen molar-refractivity contribution in [2.24, 2.45) is 0 Å². The van der Waals surface area contributed by atoms with Crippen molar-refractivity contribution in [2.45, 2.75) is 168 Å². The molecule has 0 spiro atoms. The van der Waals surface area contributed by atoms with Crippen molar-refractivity contribution in [3.8, 4) is 11.5 Å². The van der Waals surface area contributed by atoms with Crippen molar-refractivity contribution in [3.05, 3.63) is 58.7 Å². The Morgan fingerprint density at radius 2 is 1.27 bits per heavy atom. The monoisotopic (exact) mass is 548 g/mol.